The van der Waals surface area contributed by atoms with Gasteiger partial charge in [0, 0.05) is 64.0 Å². The fourth-order valence-corrected chi connectivity index (χ4v) is 5.83. The molecular weight excluding hydrogens is 424 g/mol. The summed E-state index contributed by atoms with van der Waals surface area (Å²) in [7, 11) is 0. The number of nitrogens with one attached hydrogen (secondary N) is 1. The summed E-state index contributed by atoms with van der Waals surface area (Å²) in [6.07, 6.45) is 17.3. The molecule has 7 nitrogen and oxygen atoms in total. The molecule has 3 fully saturated rings. The van der Waals surface area contributed by atoms with Crippen molar-refractivity contribution in [3.05, 3.63) is 12.3 Å². The Labute approximate surface area is 206 Å². The number of carbonyl (C=O) groups is 1. The number of anilines is 2. The second kappa shape index (κ2) is 13.3. The molecule has 4 rings (SSSR count). The highest BCUT2D eigenvalue weighted by molar-refractivity contribution is 5.76. The Morgan fingerprint density at radius 2 is 1.79 bits per heavy atom. The van der Waals surface area contributed by atoms with E-state index in [1.807, 2.05) is 6.20 Å². The van der Waals surface area contributed by atoms with E-state index in [9.17, 15) is 4.79 Å². The minimum atomic E-state index is 0.369. The summed E-state index contributed by atoms with van der Waals surface area (Å²) in [6.45, 7) is 8.39. The predicted molar refractivity (Wildman–Crippen MR) is 139 cm³/mol. The molecule has 3 aliphatic rings. The van der Waals surface area contributed by atoms with E-state index in [0.717, 1.165) is 76.7 Å². The van der Waals surface area contributed by atoms with Crippen molar-refractivity contribution in [1.29, 1.82) is 0 Å². The van der Waals surface area contributed by atoms with Gasteiger partial charge in [-0.25, -0.2) is 4.98 Å². The summed E-state index contributed by atoms with van der Waals surface area (Å²) in [5, 5.41) is 3.61. The highest BCUT2D eigenvalue weighted by Crippen LogP contribution is 2.24. The van der Waals surface area contributed by atoms with Gasteiger partial charge >= 0.3 is 0 Å². The first-order chi connectivity index (χ1) is 16.7. The molecule has 0 aromatic carbocycles. The van der Waals surface area contributed by atoms with Crippen LogP contribution in [0.15, 0.2) is 12.3 Å². The van der Waals surface area contributed by atoms with Crippen molar-refractivity contribution >= 4 is 17.7 Å². The van der Waals surface area contributed by atoms with Crippen LogP contribution in [0.1, 0.15) is 90.4 Å². The van der Waals surface area contributed by atoms with Crippen molar-refractivity contribution in [3.8, 4) is 0 Å². The average molecular weight is 471 g/mol. The number of likely N-dealkylation sites (tertiary alicyclic amines) is 2. The number of piperidine rings is 1. The predicted octanol–water partition coefficient (Wildman–Crippen LogP) is 4.69. The van der Waals surface area contributed by atoms with Gasteiger partial charge in [-0.05, 0) is 44.6 Å². The third-order valence-corrected chi connectivity index (χ3v) is 7.88. The van der Waals surface area contributed by atoms with E-state index in [1.165, 1.54) is 57.8 Å². The molecule has 3 saturated heterocycles. The third-order valence-electron chi connectivity index (χ3n) is 7.88. The Hall–Kier alpha value is -1.89. The maximum absolute atomic E-state index is 12.8. The monoisotopic (exact) mass is 470 g/mol. The Morgan fingerprint density at radius 1 is 0.971 bits per heavy atom. The molecule has 7 heteroatoms. The van der Waals surface area contributed by atoms with E-state index in [4.69, 9.17) is 4.98 Å². The summed E-state index contributed by atoms with van der Waals surface area (Å²) in [6, 6.07) is 2.92. The van der Waals surface area contributed by atoms with Crippen LogP contribution in [-0.2, 0) is 4.79 Å². The van der Waals surface area contributed by atoms with Gasteiger partial charge < -0.3 is 15.1 Å². The van der Waals surface area contributed by atoms with E-state index >= 15 is 0 Å². The number of rotatable bonds is 10. The third kappa shape index (κ3) is 7.30. The van der Waals surface area contributed by atoms with Gasteiger partial charge in [-0.2, -0.15) is 4.98 Å². The van der Waals surface area contributed by atoms with Crippen molar-refractivity contribution < 1.29 is 4.79 Å². The summed E-state index contributed by atoms with van der Waals surface area (Å²) in [5.74, 6) is 2.19. The van der Waals surface area contributed by atoms with Crippen LogP contribution in [0, 0.1) is 0 Å². The van der Waals surface area contributed by atoms with Crippen LogP contribution in [0.3, 0.4) is 0 Å². The second-order valence-corrected chi connectivity index (χ2v) is 10.6. The molecule has 3 aliphatic heterocycles. The molecule has 2 atom stereocenters. The molecule has 4 heterocycles. The first-order valence-electron chi connectivity index (χ1n) is 14.1. The molecule has 0 aliphatic carbocycles. The normalized spacial score (nSPS) is 24.3. The molecule has 0 spiro atoms. The Morgan fingerprint density at radius 3 is 2.62 bits per heavy atom. The molecule has 1 N–H and O–H groups in total. The highest BCUT2D eigenvalue weighted by atomic mass is 16.2. The smallest absolute Gasteiger partial charge is 0.224 e. The van der Waals surface area contributed by atoms with Crippen LogP contribution in [0.5, 0.6) is 0 Å². The minimum absolute atomic E-state index is 0.369. The molecule has 0 saturated carbocycles. The van der Waals surface area contributed by atoms with Gasteiger partial charge in [0.25, 0.3) is 0 Å². The van der Waals surface area contributed by atoms with Crippen molar-refractivity contribution in [3.63, 3.8) is 0 Å². The quantitative estimate of drug-likeness (QED) is 0.500. The molecular formula is C27H46N6O. The highest BCUT2D eigenvalue weighted by Gasteiger charge is 2.32. The maximum Gasteiger partial charge on any atom is 0.224 e. The van der Waals surface area contributed by atoms with Crippen LogP contribution in [0.4, 0.5) is 11.8 Å². The molecule has 1 aromatic rings. The van der Waals surface area contributed by atoms with Gasteiger partial charge in [-0.1, -0.05) is 45.4 Å². The van der Waals surface area contributed by atoms with Crippen molar-refractivity contribution in [1.82, 2.24) is 19.8 Å². The number of carbonyl (C=O) groups excluding carboxylic acids is 1. The summed E-state index contributed by atoms with van der Waals surface area (Å²) >= 11 is 0. The van der Waals surface area contributed by atoms with Crippen LogP contribution < -0.4 is 10.2 Å². The molecule has 1 amide bonds. The lowest BCUT2D eigenvalue weighted by atomic mass is 10.0. The van der Waals surface area contributed by atoms with Crippen LogP contribution in [0.2, 0.25) is 0 Å². The molecule has 2 unspecified atom stereocenters. The lowest BCUT2D eigenvalue weighted by Crippen LogP contribution is -2.49. The zero-order chi connectivity index (χ0) is 23.6. The number of aromatic nitrogens is 2. The minimum Gasteiger partial charge on any atom is -0.356 e. The van der Waals surface area contributed by atoms with Crippen LogP contribution in [-0.4, -0.2) is 77.0 Å². The van der Waals surface area contributed by atoms with Crippen LogP contribution >= 0.6 is 0 Å². The average Bonchev–Trinajstić information content (AvgIpc) is 3.16. The van der Waals surface area contributed by atoms with Gasteiger partial charge in [0.05, 0.1) is 0 Å². The molecule has 34 heavy (non-hydrogen) atoms. The molecule has 0 bridgehead atoms. The number of unbranched alkanes of at least 4 members (excludes halogenated alkanes) is 4. The maximum atomic E-state index is 12.8. The van der Waals surface area contributed by atoms with Gasteiger partial charge in [0.1, 0.15) is 5.82 Å². The lowest BCUT2D eigenvalue weighted by Gasteiger charge is -2.37. The van der Waals surface area contributed by atoms with Crippen molar-refractivity contribution in [2.24, 2.45) is 0 Å². The molecule has 190 valence electrons. The lowest BCUT2D eigenvalue weighted by molar-refractivity contribution is -0.133. The Balaban J connectivity index is 1.23. The zero-order valence-corrected chi connectivity index (χ0v) is 21.4. The molecule has 1 aromatic heterocycles. The van der Waals surface area contributed by atoms with Gasteiger partial charge in [-0.15, -0.1) is 0 Å². The Bertz CT molecular complexity index is 750. The summed E-state index contributed by atoms with van der Waals surface area (Å²) in [5.41, 5.74) is 0. The topological polar surface area (TPSA) is 64.6 Å². The van der Waals surface area contributed by atoms with E-state index in [-0.39, 0.29) is 0 Å². The van der Waals surface area contributed by atoms with Crippen molar-refractivity contribution in [2.45, 2.75) is 102 Å². The van der Waals surface area contributed by atoms with Gasteiger partial charge in [0.2, 0.25) is 11.9 Å². The number of hydrogen-bond donors (Lipinski definition) is 1. The first-order valence-corrected chi connectivity index (χ1v) is 14.1. The SMILES string of the molecule is CCCCCCCC(=O)N1CCCC(N2CCC(Nc3nccc(N4CCCCCC4)n3)C2)C1. The Kier molecular flexibility index (Phi) is 9.84. The number of nitrogens with zero attached hydrogens (tertiary/aromatic N) is 5. The van der Waals surface area contributed by atoms with E-state index in [1.54, 1.807) is 0 Å². The van der Waals surface area contributed by atoms with Crippen molar-refractivity contribution in [2.75, 3.05) is 49.5 Å². The van der Waals surface area contributed by atoms with Gasteiger partial charge in [-0.3, -0.25) is 9.69 Å². The standard InChI is InChI=1S/C27H46N6O/c1-2-3-4-5-8-13-26(34)33-19-11-12-24(22-33)32-20-15-23(21-32)29-27-28-16-14-25(30-27)31-17-9-6-7-10-18-31/h14,16,23-24H,2-13,15,17-22H2,1H3,(H,28,29,30). The van der Waals surface area contributed by atoms with Crippen LogP contribution in [0.25, 0.3) is 0 Å². The second-order valence-electron chi connectivity index (χ2n) is 10.6. The fraction of sp³-hybridized carbons (Fsp3) is 0.815. The summed E-state index contributed by atoms with van der Waals surface area (Å²) < 4.78 is 0. The number of hydrogen-bond acceptors (Lipinski definition) is 6. The first kappa shape index (κ1) is 25.2. The summed E-state index contributed by atoms with van der Waals surface area (Å²) in [4.78, 5) is 29.3. The van der Waals surface area contributed by atoms with E-state index in [0.29, 0.717) is 18.0 Å². The molecule has 0 radical (unpaired) electrons. The van der Waals surface area contributed by atoms with E-state index in [2.05, 4.69) is 38.0 Å². The zero-order valence-electron chi connectivity index (χ0n) is 21.4. The van der Waals surface area contributed by atoms with E-state index < -0.39 is 0 Å². The van der Waals surface area contributed by atoms with Gasteiger partial charge in [0.15, 0.2) is 0 Å². The largest absolute Gasteiger partial charge is 0.356 e. The number of amides is 1. The fourth-order valence-electron chi connectivity index (χ4n) is 5.83.